The fourth-order valence-electron chi connectivity index (χ4n) is 9.67. The van der Waals surface area contributed by atoms with E-state index >= 15 is 0 Å². The van der Waals surface area contributed by atoms with Crippen LogP contribution in [-0.4, -0.2) is 77.8 Å². The number of anilines is 1. The van der Waals surface area contributed by atoms with E-state index in [9.17, 15) is 14.7 Å². The fraction of sp³-hybridized carbons (Fsp3) is 0.362. The number of piperidine rings is 2. The van der Waals surface area contributed by atoms with Crippen LogP contribution in [0.1, 0.15) is 79.8 Å². The molecule has 2 amide bonds. The van der Waals surface area contributed by atoms with E-state index in [4.69, 9.17) is 14.5 Å². The molecule has 1 aliphatic carbocycles. The first-order valence-electron chi connectivity index (χ1n) is 21.3. The van der Waals surface area contributed by atoms with Gasteiger partial charge < -0.3 is 24.7 Å². The molecule has 316 valence electrons. The number of carbonyl (C=O) groups excluding carboxylic acids is 2. The Balaban J connectivity index is 0.773. The van der Waals surface area contributed by atoms with Gasteiger partial charge in [-0.25, -0.2) is 15.0 Å². The number of fused-ring (bicyclic) bond motifs is 3. The standard InChI is InChI=1S/C47H47N9O4S2/c1-25(2)41(46(59)56-15-7-9-37(56)44(58)51-26(3)28-11-13-29(14-12-28)43-27(4)50-24-61-43)39-19-35(54-60-39)33-20-48-47(49-21-33)55-22-31-16-32(23-55)42(31)40-18-30-17-36(52-53-45(30)62-40)34-8-5-6-10-38(34)57/h5-6,8,10-14,17-21,24-26,31-32,37,41-42,57H,7,9,15-16,22-23H2,1-4H3,(H,51,58)/t26-,31-,32+,37-,41+,42?/m0/s1. The van der Waals surface area contributed by atoms with E-state index in [1.165, 1.54) is 11.3 Å². The summed E-state index contributed by atoms with van der Waals surface area (Å²) in [5.74, 6) is 1.79. The van der Waals surface area contributed by atoms with Gasteiger partial charge in [0.2, 0.25) is 17.8 Å². The number of carbonyl (C=O) groups is 2. The molecule has 1 unspecified atom stereocenters. The van der Waals surface area contributed by atoms with Gasteiger partial charge in [-0.2, -0.15) is 0 Å². The molecule has 11 rings (SSSR count). The Morgan fingerprint density at radius 1 is 0.919 bits per heavy atom. The molecule has 5 aromatic heterocycles. The minimum atomic E-state index is -0.606. The molecular formula is C47H47N9O4S2. The van der Waals surface area contributed by atoms with Crippen LogP contribution in [0, 0.1) is 24.7 Å². The summed E-state index contributed by atoms with van der Waals surface area (Å²) in [4.78, 5) is 49.3. The van der Waals surface area contributed by atoms with E-state index in [0.29, 0.717) is 64.9 Å². The molecule has 7 aromatic rings. The third-order valence-corrected chi connectivity index (χ3v) is 15.1. The number of rotatable bonds is 11. The molecule has 0 radical (unpaired) electrons. The maximum atomic E-state index is 14.3. The van der Waals surface area contributed by atoms with Gasteiger partial charge in [-0.15, -0.1) is 32.9 Å². The number of thiazole rings is 1. The Morgan fingerprint density at radius 3 is 2.42 bits per heavy atom. The van der Waals surface area contributed by atoms with E-state index in [1.54, 1.807) is 52.1 Å². The van der Waals surface area contributed by atoms with Crippen molar-refractivity contribution in [3.8, 4) is 38.7 Å². The molecule has 0 spiro atoms. The third kappa shape index (κ3) is 7.40. The Hall–Kier alpha value is -6.06. The smallest absolute Gasteiger partial charge is 0.243 e. The Labute approximate surface area is 367 Å². The topological polar surface area (TPSA) is 163 Å². The molecule has 8 heterocycles. The van der Waals surface area contributed by atoms with E-state index in [1.807, 2.05) is 69.6 Å². The molecular weight excluding hydrogens is 819 g/mol. The van der Waals surface area contributed by atoms with Crippen LogP contribution in [0.4, 0.5) is 5.95 Å². The number of hydrogen-bond donors (Lipinski definition) is 2. The quantitative estimate of drug-likeness (QED) is 0.128. The number of likely N-dealkylation sites (tertiary alicyclic amines) is 1. The van der Waals surface area contributed by atoms with E-state index in [2.05, 4.69) is 48.8 Å². The van der Waals surface area contributed by atoms with Gasteiger partial charge in [-0.1, -0.05) is 55.4 Å². The van der Waals surface area contributed by atoms with Crippen molar-refractivity contribution in [2.45, 2.75) is 70.9 Å². The lowest BCUT2D eigenvalue weighted by molar-refractivity contribution is -0.141. The lowest BCUT2D eigenvalue weighted by Crippen LogP contribution is -2.54. The van der Waals surface area contributed by atoms with E-state index in [0.717, 1.165) is 51.4 Å². The molecule has 15 heteroatoms. The van der Waals surface area contributed by atoms with Crippen LogP contribution in [0.25, 0.3) is 43.2 Å². The van der Waals surface area contributed by atoms with Crippen molar-refractivity contribution in [1.29, 1.82) is 0 Å². The average molecular weight is 866 g/mol. The van der Waals surface area contributed by atoms with Gasteiger partial charge in [-0.05, 0) is 86.3 Å². The summed E-state index contributed by atoms with van der Waals surface area (Å²) in [7, 11) is 0. The summed E-state index contributed by atoms with van der Waals surface area (Å²) in [6.07, 6.45) is 6.07. The van der Waals surface area contributed by atoms with Gasteiger partial charge in [0.05, 0.1) is 27.8 Å². The fourth-order valence-corrected chi connectivity index (χ4v) is 11.7. The molecule has 4 fully saturated rings. The van der Waals surface area contributed by atoms with Crippen molar-refractivity contribution in [3.05, 3.63) is 107 Å². The van der Waals surface area contributed by atoms with Crippen molar-refractivity contribution in [2.75, 3.05) is 24.5 Å². The summed E-state index contributed by atoms with van der Waals surface area (Å²) in [6, 6.07) is 20.7. The molecule has 62 heavy (non-hydrogen) atoms. The average Bonchev–Trinajstić information content (AvgIpc) is 4.11. The molecule has 2 bridgehead atoms. The van der Waals surface area contributed by atoms with Crippen molar-refractivity contribution < 1.29 is 19.2 Å². The zero-order valence-corrected chi connectivity index (χ0v) is 36.6. The molecule has 3 saturated heterocycles. The van der Waals surface area contributed by atoms with Gasteiger partial charge in [0.15, 0.2) is 0 Å². The summed E-state index contributed by atoms with van der Waals surface area (Å²) >= 11 is 3.33. The highest BCUT2D eigenvalue weighted by atomic mass is 32.1. The van der Waals surface area contributed by atoms with Crippen molar-refractivity contribution in [3.63, 3.8) is 0 Å². The lowest BCUT2D eigenvalue weighted by atomic mass is 9.61. The van der Waals surface area contributed by atoms with Crippen LogP contribution in [0.5, 0.6) is 5.75 Å². The van der Waals surface area contributed by atoms with Crippen LogP contribution < -0.4 is 10.2 Å². The monoisotopic (exact) mass is 865 g/mol. The van der Waals surface area contributed by atoms with Gasteiger partial charge in [0.1, 0.15) is 34.0 Å². The number of nitrogens with zero attached hydrogens (tertiary/aromatic N) is 8. The Bertz CT molecular complexity index is 2750. The maximum absolute atomic E-state index is 14.3. The minimum absolute atomic E-state index is 0.0954. The highest BCUT2D eigenvalue weighted by Gasteiger charge is 2.48. The van der Waals surface area contributed by atoms with Crippen LogP contribution in [0.3, 0.4) is 0 Å². The largest absolute Gasteiger partial charge is 0.507 e. The summed E-state index contributed by atoms with van der Waals surface area (Å²) in [6.45, 7) is 10.2. The number of phenols is 1. The molecule has 4 aliphatic rings. The number of aromatic hydroxyl groups is 1. The molecule has 2 N–H and O–H groups in total. The molecule has 3 aliphatic heterocycles. The predicted molar refractivity (Wildman–Crippen MR) is 240 cm³/mol. The zero-order chi connectivity index (χ0) is 42.6. The first-order chi connectivity index (χ1) is 30.1. The second-order valence-corrected chi connectivity index (χ2v) is 19.2. The number of benzene rings is 2. The number of aromatic nitrogens is 6. The number of amides is 2. The molecule has 13 nitrogen and oxygen atoms in total. The van der Waals surface area contributed by atoms with Gasteiger partial charge in [0, 0.05) is 65.4 Å². The SMILES string of the molecule is Cc1ncsc1-c1ccc([C@H](C)NC(=O)[C@@H]2CCCN2C(=O)[C@@H](c2cc(-c3cnc(N4C[C@H]5C[C@@H](C4)C5c4cc5cc(-c6ccccc6O)nnc5s4)nc3)no2)C(C)C)cc1. The van der Waals surface area contributed by atoms with Crippen LogP contribution in [0.2, 0.25) is 0 Å². The second-order valence-electron chi connectivity index (χ2n) is 17.3. The highest BCUT2D eigenvalue weighted by molar-refractivity contribution is 7.18. The molecule has 6 atom stereocenters. The van der Waals surface area contributed by atoms with Gasteiger partial charge in [-0.3, -0.25) is 9.59 Å². The van der Waals surface area contributed by atoms with E-state index in [-0.39, 0.29) is 29.5 Å². The number of nitrogens with one attached hydrogen (secondary N) is 1. The molecule has 1 saturated carbocycles. The highest BCUT2D eigenvalue weighted by Crippen LogP contribution is 2.54. The number of phenolic OH excluding ortho intramolecular Hbond substituents is 1. The predicted octanol–water partition coefficient (Wildman–Crippen LogP) is 8.79. The van der Waals surface area contributed by atoms with Crippen LogP contribution in [-0.2, 0) is 9.59 Å². The van der Waals surface area contributed by atoms with E-state index < -0.39 is 12.0 Å². The molecule has 2 aromatic carbocycles. The summed E-state index contributed by atoms with van der Waals surface area (Å²) in [5.41, 5.74) is 7.56. The van der Waals surface area contributed by atoms with Crippen molar-refractivity contribution >= 4 is 50.7 Å². The van der Waals surface area contributed by atoms with Crippen LogP contribution >= 0.6 is 22.7 Å². The van der Waals surface area contributed by atoms with Crippen LogP contribution in [0.15, 0.2) is 89.2 Å². The first kappa shape index (κ1) is 40.0. The van der Waals surface area contributed by atoms with Gasteiger partial charge >= 0.3 is 0 Å². The normalized spacial score (nSPS) is 20.7. The number of thiophene rings is 1. The number of hydrogen-bond acceptors (Lipinski definition) is 13. The first-order valence-corrected chi connectivity index (χ1v) is 23.0. The second kappa shape index (κ2) is 16.3. The Morgan fingerprint density at radius 2 is 1.69 bits per heavy atom. The van der Waals surface area contributed by atoms with Gasteiger partial charge in [0.25, 0.3) is 0 Å². The maximum Gasteiger partial charge on any atom is 0.243 e. The summed E-state index contributed by atoms with van der Waals surface area (Å²) in [5, 5.41) is 27.9. The number of para-hydroxylation sites is 1. The Kier molecular flexibility index (Phi) is 10.5. The summed E-state index contributed by atoms with van der Waals surface area (Å²) < 4.78 is 5.88. The number of aryl methyl sites for hydroxylation is 1. The zero-order valence-electron chi connectivity index (χ0n) is 34.9. The van der Waals surface area contributed by atoms with Crippen molar-refractivity contribution in [2.24, 2.45) is 17.8 Å². The lowest BCUT2D eigenvalue weighted by Gasteiger charge is -2.53. The third-order valence-electron chi connectivity index (χ3n) is 12.9. The van der Waals surface area contributed by atoms with Crippen molar-refractivity contribution in [1.82, 2.24) is 40.5 Å². The minimum Gasteiger partial charge on any atom is -0.507 e.